The molecule has 0 saturated carbocycles. The molecule has 0 aromatic heterocycles. The summed E-state index contributed by atoms with van der Waals surface area (Å²) in [5, 5.41) is 14.3. The molecule has 6 heteroatoms. The first-order valence-corrected chi connectivity index (χ1v) is 5.40. The molecule has 78 valence electrons. The predicted octanol–water partition coefficient (Wildman–Crippen LogP) is 0.106. The summed E-state index contributed by atoms with van der Waals surface area (Å²) in [6.07, 6.45) is 0. The number of hydrogen-bond acceptors (Lipinski definition) is 4. The number of rotatable bonds is 2. The molecule has 0 saturated heterocycles. The lowest BCUT2D eigenvalue weighted by atomic mass is 10.3. The van der Waals surface area contributed by atoms with Crippen LogP contribution in [0.2, 0.25) is 0 Å². The lowest BCUT2D eigenvalue weighted by molar-refractivity contribution is 0.475. The van der Waals surface area contributed by atoms with E-state index in [1.54, 1.807) is 19.0 Å². The molecule has 0 radical (unpaired) electrons. The molecule has 0 heterocycles. The highest BCUT2D eigenvalue weighted by Gasteiger charge is 2.11. The third-order valence-electron chi connectivity index (χ3n) is 1.76. The van der Waals surface area contributed by atoms with E-state index >= 15 is 0 Å². The van der Waals surface area contributed by atoms with E-state index in [4.69, 9.17) is 5.14 Å². The van der Waals surface area contributed by atoms with Crippen molar-refractivity contribution in [1.82, 2.24) is 0 Å². The molecule has 0 atom stereocenters. The largest absolute Gasteiger partial charge is 0.506 e. The van der Waals surface area contributed by atoms with Gasteiger partial charge in [0.25, 0.3) is 0 Å². The van der Waals surface area contributed by atoms with Gasteiger partial charge in [-0.15, -0.1) is 0 Å². The molecule has 0 amide bonds. The van der Waals surface area contributed by atoms with Gasteiger partial charge in [0.05, 0.1) is 10.6 Å². The minimum Gasteiger partial charge on any atom is -0.506 e. The first-order chi connectivity index (χ1) is 6.32. The zero-order chi connectivity index (χ0) is 10.9. The maximum absolute atomic E-state index is 11.0. The normalized spacial score (nSPS) is 11.4. The molecular weight excluding hydrogens is 204 g/mol. The van der Waals surface area contributed by atoms with E-state index in [2.05, 4.69) is 0 Å². The second-order valence-corrected chi connectivity index (χ2v) is 4.65. The number of phenols is 1. The van der Waals surface area contributed by atoms with Crippen molar-refractivity contribution >= 4 is 15.7 Å². The van der Waals surface area contributed by atoms with E-state index in [1.807, 2.05) is 0 Å². The maximum Gasteiger partial charge on any atom is 0.238 e. The molecule has 0 unspecified atom stereocenters. The first-order valence-electron chi connectivity index (χ1n) is 3.85. The Balaban J connectivity index is 3.34. The van der Waals surface area contributed by atoms with E-state index in [-0.39, 0.29) is 10.6 Å². The summed E-state index contributed by atoms with van der Waals surface area (Å²) in [6.45, 7) is 0. The summed E-state index contributed by atoms with van der Waals surface area (Å²) >= 11 is 0. The molecule has 1 aromatic rings. The second-order valence-electron chi connectivity index (χ2n) is 3.09. The van der Waals surface area contributed by atoms with Gasteiger partial charge in [0.15, 0.2) is 0 Å². The number of phenolic OH excluding ortho intramolecular Hbond substituents is 1. The second kappa shape index (κ2) is 3.47. The molecule has 0 aliphatic heterocycles. The summed E-state index contributed by atoms with van der Waals surface area (Å²) < 4.78 is 22.0. The standard InChI is InChI=1S/C8H12N2O3S/c1-10(2)7-5-6(14(9,12)13)3-4-8(7)11/h3-5,11H,1-2H3,(H2,9,12,13). The Morgan fingerprint density at radius 2 is 1.93 bits per heavy atom. The van der Waals surface area contributed by atoms with Gasteiger partial charge in [-0.05, 0) is 18.2 Å². The lowest BCUT2D eigenvalue weighted by Crippen LogP contribution is -2.14. The van der Waals surface area contributed by atoms with Crippen LogP contribution in [0.4, 0.5) is 5.69 Å². The highest BCUT2D eigenvalue weighted by Crippen LogP contribution is 2.27. The monoisotopic (exact) mass is 216 g/mol. The molecule has 0 aliphatic rings. The Bertz CT molecular complexity index is 440. The fraction of sp³-hybridized carbons (Fsp3) is 0.250. The van der Waals surface area contributed by atoms with Crippen molar-refractivity contribution in [2.24, 2.45) is 5.14 Å². The predicted molar refractivity (Wildman–Crippen MR) is 53.8 cm³/mol. The van der Waals surface area contributed by atoms with Gasteiger partial charge in [-0.3, -0.25) is 0 Å². The molecule has 0 spiro atoms. The van der Waals surface area contributed by atoms with Crippen molar-refractivity contribution in [2.45, 2.75) is 4.90 Å². The van der Waals surface area contributed by atoms with Crippen LogP contribution in [0.15, 0.2) is 23.1 Å². The summed E-state index contributed by atoms with van der Waals surface area (Å²) in [4.78, 5) is 1.59. The van der Waals surface area contributed by atoms with Gasteiger partial charge in [-0.25, -0.2) is 13.6 Å². The number of benzene rings is 1. The van der Waals surface area contributed by atoms with E-state index in [9.17, 15) is 13.5 Å². The SMILES string of the molecule is CN(C)c1cc(S(N)(=O)=O)ccc1O. The van der Waals surface area contributed by atoms with Gasteiger partial charge >= 0.3 is 0 Å². The number of sulfonamides is 1. The molecule has 0 bridgehead atoms. The number of anilines is 1. The Morgan fingerprint density at radius 1 is 1.36 bits per heavy atom. The van der Waals surface area contributed by atoms with Gasteiger partial charge in [0, 0.05) is 14.1 Å². The van der Waals surface area contributed by atoms with E-state index in [0.29, 0.717) is 5.69 Å². The van der Waals surface area contributed by atoms with Gasteiger partial charge in [-0.2, -0.15) is 0 Å². The highest BCUT2D eigenvalue weighted by atomic mass is 32.2. The van der Waals surface area contributed by atoms with Gasteiger partial charge in [-0.1, -0.05) is 0 Å². The molecule has 1 aromatic carbocycles. The fourth-order valence-corrected chi connectivity index (χ4v) is 1.57. The van der Waals surface area contributed by atoms with Crippen LogP contribution in [-0.4, -0.2) is 27.6 Å². The number of hydrogen-bond donors (Lipinski definition) is 2. The van der Waals surface area contributed by atoms with E-state index < -0.39 is 10.0 Å². The molecule has 1 rings (SSSR count). The Kier molecular flexibility index (Phi) is 2.68. The third-order valence-corrected chi connectivity index (χ3v) is 2.67. The molecule has 14 heavy (non-hydrogen) atoms. The molecule has 0 aliphatic carbocycles. The minimum absolute atomic E-state index is 0.0148. The smallest absolute Gasteiger partial charge is 0.238 e. The summed E-state index contributed by atoms with van der Waals surface area (Å²) in [5.41, 5.74) is 0.413. The number of nitrogens with zero attached hydrogens (tertiary/aromatic N) is 1. The lowest BCUT2D eigenvalue weighted by Gasteiger charge is -2.14. The van der Waals surface area contributed by atoms with E-state index in [1.165, 1.54) is 18.2 Å². The summed E-state index contributed by atoms with van der Waals surface area (Å²) in [5.74, 6) is 0.0161. The average molecular weight is 216 g/mol. The van der Waals surface area contributed by atoms with Crippen LogP contribution in [0.3, 0.4) is 0 Å². The van der Waals surface area contributed by atoms with Crippen molar-refractivity contribution < 1.29 is 13.5 Å². The average Bonchev–Trinajstić information content (AvgIpc) is 2.02. The van der Waals surface area contributed by atoms with Crippen molar-refractivity contribution in [2.75, 3.05) is 19.0 Å². The fourth-order valence-electron chi connectivity index (χ4n) is 1.04. The Morgan fingerprint density at radius 3 is 2.36 bits per heavy atom. The Labute approximate surface area is 82.8 Å². The maximum atomic E-state index is 11.0. The number of nitrogens with two attached hydrogens (primary N) is 1. The molecule has 5 nitrogen and oxygen atoms in total. The van der Waals surface area contributed by atoms with Crippen LogP contribution < -0.4 is 10.0 Å². The van der Waals surface area contributed by atoms with Crippen LogP contribution in [0.25, 0.3) is 0 Å². The van der Waals surface area contributed by atoms with Crippen molar-refractivity contribution in [3.8, 4) is 5.75 Å². The molecular formula is C8H12N2O3S. The van der Waals surface area contributed by atoms with Crippen LogP contribution in [0.5, 0.6) is 5.75 Å². The van der Waals surface area contributed by atoms with Gasteiger partial charge in [0.1, 0.15) is 5.75 Å². The third kappa shape index (κ3) is 2.15. The zero-order valence-electron chi connectivity index (χ0n) is 7.93. The van der Waals surface area contributed by atoms with Gasteiger partial charge < -0.3 is 10.0 Å². The topological polar surface area (TPSA) is 83.6 Å². The quantitative estimate of drug-likeness (QED) is 0.734. The number of aromatic hydroxyl groups is 1. The van der Waals surface area contributed by atoms with Crippen LogP contribution in [-0.2, 0) is 10.0 Å². The molecule has 3 N–H and O–H groups in total. The van der Waals surface area contributed by atoms with Crippen molar-refractivity contribution in [3.05, 3.63) is 18.2 Å². The van der Waals surface area contributed by atoms with Crippen molar-refractivity contribution in [1.29, 1.82) is 0 Å². The zero-order valence-corrected chi connectivity index (χ0v) is 8.75. The highest BCUT2D eigenvalue weighted by molar-refractivity contribution is 7.89. The molecule has 0 fully saturated rings. The summed E-state index contributed by atoms with van der Waals surface area (Å²) in [6, 6.07) is 3.89. The Hall–Kier alpha value is -1.27. The first kappa shape index (κ1) is 10.8. The number of primary sulfonamides is 1. The van der Waals surface area contributed by atoms with Crippen molar-refractivity contribution in [3.63, 3.8) is 0 Å². The van der Waals surface area contributed by atoms with Crippen LogP contribution in [0, 0.1) is 0 Å². The van der Waals surface area contributed by atoms with Gasteiger partial charge in [0.2, 0.25) is 10.0 Å². The summed E-state index contributed by atoms with van der Waals surface area (Å²) in [7, 11) is -0.321. The minimum atomic E-state index is -3.71. The van der Waals surface area contributed by atoms with E-state index in [0.717, 1.165) is 0 Å². The van der Waals surface area contributed by atoms with Crippen LogP contribution in [0.1, 0.15) is 0 Å². The van der Waals surface area contributed by atoms with Crippen LogP contribution >= 0.6 is 0 Å².